The molecule has 4 rings (SSSR count). The van der Waals surface area contributed by atoms with E-state index in [4.69, 9.17) is 9.84 Å². The fourth-order valence-corrected chi connectivity index (χ4v) is 4.03. The Morgan fingerprint density at radius 2 is 1.50 bits per heavy atom. The number of hydrogen-bond donors (Lipinski definition) is 2. The monoisotopic (exact) mass is 401 g/mol. The van der Waals surface area contributed by atoms with E-state index in [1.54, 1.807) is 24.3 Å². The molecule has 152 valence electrons. The summed E-state index contributed by atoms with van der Waals surface area (Å²) >= 11 is 0. The van der Waals surface area contributed by atoms with Crippen molar-refractivity contribution in [1.82, 2.24) is 5.32 Å². The van der Waals surface area contributed by atoms with Crippen molar-refractivity contribution in [3.63, 3.8) is 0 Å². The zero-order valence-corrected chi connectivity index (χ0v) is 16.7. The molecular formula is C25H23NO4. The van der Waals surface area contributed by atoms with Crippen molar-refractivity contribution in [3.05, 3.63) is 95.1 Å². The quantitative estimate of drug-likeness (QED) is 0.619. The van der Waals surface area contributed by atoms with E-state index in [9.17, 15) is 9.59 Å². The van der Waals surface area contributed by atoms with Crippen LogP contribution in [0.3, 0.4) is 0 Å². The topological polar surface area (TPSA) is 75.6 Å². The molecular weight excluding hydrogens is 378 g/mol. The van der Waals surface area contributed by atoms with Gasteiger partial charge in [-0.2, -0.15) is 0 Å². The lowest BCUT2D eigenvalue weighted by Gasteiger charge is -2.17. The first kappa shape index (κ1) is 19.7. The van der Waals surface area contributed by atoms with Crippen molar-refractivity contribution in [2.75, 3.05) is 6.61 Å². The Kier molecular flexibility index (Phi) is 5.53. The van der Waals surface area contributed by atoms with E-state index >= 15 is 0 Å². The van der Waals surface area contributed by atoms with E-state index in [0.29, 0.717) is 6.42 Å². The van der Waals surface area contributed by atoms with E-state index in [-0.39, 0.29) is 24.1 Å². The molecule has 0 saturated heterocycles. The molecule has 0 heterocycles. The average Bonchev–Trinajstić information content (AvgIpc) is 3.06. The standard InChI is InChI=1S/C25H23NO4/c1-16(14-17-10-12-18(13-11-17)24(27)28)26-25(29)30-15-23-21-8-4-2-6-19(21)20-7-3-5-9-22(20)23/h2-13,16,23H,14-15H2,1H3,(H,26,29)(H,27,28). The minimum Gasteiger partial charge on any atom is -0.478 e. The second kappa shape index (κ2) is 8.41. The van der Waals surface area contributed by atoms with Gasteiger partial charge in [0.2, 0.25) is 0 Å². The van der Waals surface area contributed by atoms with Gasteiger partial charge in [-0.25, -0.2) is 9.59 Å². The molecule has 0 aromatic heterocycles. The highest BCUT2D eigenvalue weighted by atomic mass is 16.5. The molecule has 0 fully saturated rings. The fourth-order valence-electron chi connectivity index (χ4n) is 4.03. The largest absolute Gasteiger partial charge is 0.478 e. The predicted octanol–water partition coefficient (Wildman–Crippen LogP) is 4.85. The summed E-state index contributed by atoms with van der Waals surface area (Å²) in [4.78, 5) is 23.3. The summed E-state index contributed by atoms with van der Waals surface area (Å²) in [6.07, 6.45) is 0.135. The molecule has 0 spiro atoms. The van der Waals surface area contributed by atoms with Crippen molar-refractivity contribution in [3.8, 4) is 11.1 Å². The molecule has 0 aliphatic heterocycles. The molecule has 1 unspecified atom stereocenters. The van der Waals surface area contributed by atoms with Crippen LogP contribution in [0.5, 0.6) is 0 Å². The van der Waals surface area contributed by atoms with E-state index in [2.05, 4.69) is 29.6 Å². The maximum atomic E-state index is 12.4. The lowest BCUT2D eigenvalue weighted by atomic mass is 9.98. The molecule has 2 N–H and O–H groups in total. The second-order valence-corrected chi connectivity index (χ2v) is 7.58. The number of carboxylic acid groups (broad SMARTS) is 1. The third kappa shape index (κ3) is 4.06. The number of nitrogens with one attached hydrogen (secondary N) is 1. The summed E-state index contributed by atoms with van der Waals surface area (Å²) in [6, 6.07) is 23.0. The summed E-state index contributed by atoms with van der Waals surface area (Å²) < 4.78 is 5.57. The normalized spacial score (nSPS) is 13.2. The smallest absolute Gasteiger partial charge is 0.407 e. The molecule has 1 atom stereocenters. The summed E-state index contributed by atoms with van der Waals surface area (Å²) in [5.41, 5.74) is 5.94. The van der Waals surface area contributed by atoms with Crippen LogP contribution in [0.4, 0.5) is 4.79 Å². The van der Waals surface area contributed by atoms with Crippen LogP contribution in [0.2, 0.25) is 0 Å². The van der Waals surface area contributed by atoms with Crippen LogP contribution < -0.4 is 5.32 Å². The van der Waals surface area contributed by atoms with Gasteiger partial charge >= 0.3 is 12.1 Å². The first-order valence-electron chi connectivity index (χ1n) is 9.96. The van der Waals surface area contributed by atoms with Crippen molar-refractivity contribution < 1.29 is 19.4 Å². The van der Waals surface area contributed by atoms with Gasteiger partial charge in [-0.15, -0.1) is 0 Å². The molecule has 3 aromatic carbocycles. The molecule has 0 radical (unpaired) electrons. The van der Waals surface area contributed by atoms with E-state index in [1.165, 1.54) is 22.3 Å². The summed E-state index contributed by atoms with van der Waals surface area (Å²) in [5.74, 6) is -0.923. The Hall–Kier alpha value is -3.60. The van der Waals surface area contributed by atoms with Gasteiger partial charge < -0.3 is 15.2 Å². The molecule has 1 aliphatic rings. The average molecular weight is 401 g/mol. The first-order valence-corrected chi connectivity index (χ1v) is 9.96. The summed E-state index contributed by atoms with van der Waals surface area (Å²) in [5, 5.41) is 11.8. The van der Waals surface area contributed by atoms with Crippen LogP contribution in [0, 0.1) is 0 Å². The molecule has 5 heteroatoms. The Labute approximate surface area is 175 Å². The third-order valence-corrected chi connectivity index (χ3v) is 5.45. The van der Waals surface area contributed by atoms with Gasteiger partial charge in [0.15, 0.2) is 0 Å². The zero-order valence-electron chi connectivity index (χ0n) is 16.7. The maximum Gasteiger partial charge on any atom is 0.407 e. The number of ether oxygens (including phenoxy) is 1. The van der Waals surface area contributed by atoms with Crippen LogP contribution in [-0.4, -0.2) is 29.8 Å². The molecule has 1 aliphatic carbocycles. The number of fused-ring (bicyclic) bond motifs is 3. The number of benzene rings is 3. The Morgan fingerprint density at radius 1 is 0.933 bits per heavy atom. The van der Waals surface area contributed by atoms with Gasteiger partial charge in [-0.05, 0) is 53.3 Å². The lowest BCUT2D eigenvalue weighted by molar-refractivity contribution is 0.0696. The van der Waals surface area contributed by atoms with Crippen molar-refractivity contribution >= 4 is 12.1 Å². The van der Waals surface area contributed by atoms with Gasteiger partial charge in [0.05, 0.1) is 5.56 Å². The van der Waals surface area contributed by atoms with Crippen LogP contribution in [0.1, 0.15) is 39.9 Å². The fraction of sp³-hybridized carbons (Fsp3) is 0.200. The highest BCUT2D eigenvalue weighted by Gasteiger charge is 2.29. The van der Waals surface area contributed by atoms with Crippen LogP contribution in [0.25, 0.3) is 11.1 Å². The van der Waals surface area contributed by atoms with Gasteiger partial charge in [0, 0.05) is 12.0 Å². The van der Waals surface area contributed by atoms with Crippen LogP contribution in [-0.2, 0) is 11.2 Å². The van der Waals surface area contributed by atoms with Crippen molar-refractivity contribution in [2.24, 2.45) is 0 Å². The first-order chi connectivity index (χ1) is 14.5. The number of rotatable bonds is 6. The minimum atomic E-state index is -0.952. The number of carboxylic acids is 1. The van der Waals surface area contributed by atoms with Gasteiger partial charge in [-0.3, -0.25) is 0 Å². The number of hydrogen-bond acceptors (Lipinski definition) is 3. The lowest BCUT2D eigenvalue weighted by Crippen LogP contribution is -2.35. The van der Waals surface area contributed by atoms with Gasteiger partial charge in [-0.1, -0.05) is 60.7 Å². The number of amides is 1. The highest BCUT2D eigenvalue weighted by Crippen LogP contribution is 2.44. The van der Waals surface area contributed by atoms with E-state index in [1.807, 2.05) is 31.2 Å². The molecule has 0 saturated carbocycles. The molecule has 1 amide bonds. The third-order valence-electron chi connectivity index (χ3n) is 5.45. The zero-order chi connectivity index (χ0) is 21.1. The van der Waals surface area contributed by atoms with Gasteiger partial charge in [0.25, 0.3) is 0 Å². The van der Waals surface area contributed by atoms with Crippen molar-refractivity contribution in [1.29, 1.82) is 0 Å². The highest BCUT2D eigenvalue weighted by molar-refractivity contribution is 5.87. The van der Waals surface area contributed by atoms with Crippen molar-refractivity contribution in [2.45, 2.75) is 25.3 Å². The SMILES string of the molecule is CC(Cc1ccc(C(=O)O)cc1)NC(=O)OCC1c2ccccc2-c2ccccc21. The molecule has 5 nitrogen and oxygen atoms in total. The molecule has 30 heavy (non-hydrogen) atoms. The number of aromatic carboxylic acids is 1. The summed E-state index contributed by atoms with van der Waals surface area (Å²) in [6.45, 7) is 2.17. The van der Waals surface area contributed by atoms with Gasteiger partial charge in [0.1, 0.15) is 6.61 Å². The van der Waals surface area contributed by atoms with Crippen LogP contribution >= 0.6 is 0 Å². The second-order valence-electron chi connectivity index (χ2n) is 7.58. The predicted molar refractivity (Wildman–Crippen MR) is 115 cm³/mol. The van der Waals surface area contributed by atoms with Crippen LogP contribution in [0.15, 0.2) is 72.8 Å². The Morgan fingerprint density at radius 3 is 2.07 bits per heavy atom. The van der Waals surface area contributed by atoms with E-state index < -0.39 is 12.1 Å². The number of alkyl carbamates (subject to hydrolysis) is 1. The Balaban J connectivity index is 1.35. The Bertz CT molecular complexity index is 1030. The molecule has 3 aromatic rings. The van der Waals surface area contributed by atoms with E-state index in [0.717, 1.165) is 5.56 Å². The summed E-state index contributed by atoms with van der Waals surface area (Å²) in [7, 11) is 0. The number of carbonyl (C=O) groups excluding carboxylic acids is 1. The minimum absolute atomic E-state index is 0.0296. The maximum absolute atomic E-state index is 12.4. The molecule has 0 bridgehead atoms. The number of carbonyl (C=O) groups is 2.